The maximum Gasteiger partial charge on any atom is 0.342 e. The fourth-order valence-electron chi connectivity index (χ4n) is 4.35. The lowest BCUT2D eigenvalue weighted by Gasteiger charge is -2.29. The number of halogens is 2. The smallest absolute Gasteiger partial charge is 0.342 e. The monoisotopic (exact) mass is 499 g/mol. The fraction of sp³-hybridized carbons (Fsp3) is 0.346. The second kappa shape index (κ2) is 9.00. The number of aromatic nitrogens is 2. The van der Waals surface area contributed by atoms with Gasteiger partial charge in [0.15, 0.2) is 0 Å². The second-order valence-corrected chi connectivity index (χ2v) is 9.94. The van der Waals surface area contributed by atoms with Crippen molar-refractivity contribution in [2.75, 3.05) is 13.7 Å². The van der Waals surface area contributed by atoms with E-state index in [1.165, 1.54) is 36.4 Å². The minimum absolute atomic E-state index is 0.180. The predicted molar refractivity (Wildman–Crippen MR) is 132 cm³/mol. The number of ether oxygens (including phenoxy) is 2. The third-order valence-electron chi connectivity index (χ3n) is 5.91. The number of nitrogens with one attached hydrogen (secondary N) is 1. The SMILES string of the molecule is COc1nc2c3c([nH]c2cc1Cl)C(C(=O)OC(C)C)=CN(C(=O)c1ccc(F)c(C)c1)CC3(C)C. The molecule has 35 heavy (non-hydrogen) atoms. The number of methoxy groups -OCH3 is 1. The molecular weight excluding hydrogens is 473 g/mol. The van der Waals surface area contributed by atoms with Crippen LogP contribution < -0.4 is 4.74 Å². The molecule has 184 valence electrons. The number of rotatable bonds is 4. The van der Waals surface area contributed by atoms with Gasteiger partial charge in [-0.3, -0.25) is 4.79 Å². The van der Waals surface area contributed by atoms with Gasteiger partial charge in [-0.05, 0) is 50.6 Å². The van der Waals surface area contributed by atoms with E-state index in [-0.39, 0.29) is 30.0 Å². The molecule has 7 nitrogen and oxygen atoms in total. The van der Waals surface area contributed by atoms with Crippen LogP contribution in [0.25, 0.3) is 16.6 Å². The summed E-state index contributed by atoms with van der Waals surface area (Å²) in [5.41, 5.74) is 2.65. The third kappa shape index (κ3) is 4.50. The fourth-order valence-corrected chi connectivity index (χ4v) is 4.58. The van der Waals surface area contributed by atoms with E-state index in [0.29, 0.717) is 32.9 Å². The highest BCUT2D eigenvalue weighted by molar-refractivity contribution is 6.32. The van der Waals surface area contributed by atoms with E-state index >= 15 is 0 Å². The van der Waals surface area contributed by atoms with E-state index in [1.807, 2.05) is 13.8 Å². The molecule has 0 fully saturated rings. The van der Waals surface area contributed by atoms with Gasteiger partial charge in [0, 0.05) is 29.3 Å². The van der Waals surface area contributed by atoms with Gasteiger partial charge in [0.1, 0.15) is 10.8 Å². The van der Waals surface area contributed by atoms with Crippen molar-refractivity contribution < 1.29 is 23.5 Å². The summed E-state index contributed by atoms with van der Waals surface area (Å²) in [6.07, 6.45) is 1.12. The third-order valence-corrected chi connectivity index (χ3v) is 6.18. The summed E-state index contributed by atoms with van der Waals surface area (Å²) in [7, 11) is 1.48. The molecule has 4 rings (SSSR count). The van der Waals surface area contributed by atoms with E-state index in [4.69, 9.17) is 21.1 Å². The molecule has 1 aliphatic rings. The molecule has 0 spiro atoms. The van der Waals surface area contributed by atoms with Crippen LogP contribution in [0.5, 0.6) is 5.88 Å². The van der Waals surface area contributed by atoms with Gasteiger partial charge in [0.05, 0.1) is 35.5 Å². The number of H-pyrrole nitrogens is 1. The molecule has 3 aromatic rings. The molecule has 0 radical (unpaired) electrons. The number of fused-ring (bicyclic) bond motifs is 3. The number of esters is 1. The van der Waals surface area contributed by atoms with Crippen molar-refractivity contribution >= 4 is 40.1 Å². The predicted octanol–water partition coefficient (Wildman–Crippen LogP) is 5.40. The molecule has 1 N–H and O–H groups in total. The van der Waals surface area contributed by atoms with Crippen molar-refractivity contribution in [3.05, 3.63) is 63.7 Å². The van der Waals surface area contributed by atoms with Gasteiger partial charge in [0.25, 0.3) is 5.91 Å². The Kier molecular flexibility index (Phi) is 6.36. The van der Waals surface area contributed by atoms with Gasteiger partial charge in [-0.15, -0.1) is 0 Å². The number of carbonyl (C=O) groups excluding carboxylic acids is 2. The summed E-state index contributed by atoms with van der Waals surface area (Å²) >= 11 is 6.30. The zero-order valence-corrected chi connectivity index (χ0v) is 21.2. The number of aryl methyl sites for hydroxylation is 1. The van der Waals surface area contributed by atoms with Gasteiger partial charge >= 0.3 is 5.97 Å². The van der Waals surface area contributed by atoms with Gasteiger partial charge in [-0.25, -0.2) is 14.2 Å². The van der Waals surface area contributed by atoms with Crippen LogP contribution in [-0.2, 0) is 14.9 Å². The van der Waals surface area contributed by atoms with Crippen molar-refractivity contribution in [3.63, 3.8) is 0 Å². The van der Waals surface area contributed by atoms with Gasteiger partial charge in [-0.1, -0.05) is 25.4 Å². The first kappa shape index (κ1) is 24.7. The van der Waals surface area contributed by atoms with Crippen LogP contribution in [0.3, 0.4) is 0 Å². The Labute approximate surface area is 207 Å². The van der Waals surface area contributed by atoms with Crippen molar-refractivity contribution in [2.45, 2.75) is 46.1 Å². The number of amides is 1. The molecule has 0 atom stereocenters. The van der Waals surface area contributed by atoms with Gasteiger partial charge in [-0.2, -0.15) is 0 Å². The van der Waals surface area contributed by atoms with Crippen molar-refractivity contribution in [3.8, 4) is 5.88 Å². The Morgan fingerprint density at radius 1 is 1.26 bits per heavy atom. The number of benzene rings is 1. The summed E-state index contributed by atoms with van der Waals surface area (Å²) in [6.45, 7) is 9.25. The highest BCUT2D eigenvalue weighted by Gasteiger charge is 2.38. The molecular formula is C26H27ClFN3O4. The van der Waals surface area contributed by atoms with Crippen molar-refractivity contribution in [2.24, 2.45) is 0 Å². The molecule has 1 aliphatic heterocycles. The van der Waals surface area contributed by atoms with Crippen molar-refractivity contribution in [1.82, 2.24) is 14.9 Å². The van der Waals surface area contributed by atoms with Crippen LogP contribution in [0.1, 0.15) is 54.9 Å². The first-order chi connectivity index (χ1) is 16.4. The summed E-state index contributed by atoms with van der Waals surface area (Å²) in [6, 6.07) is 5.90. The largest absolute Gasteiger partial charge is 0.480 e. The van der Waals surface area contributed by atoms with Gasteiger partial charge in [0.2, 0.25) is 5.88 Å². The zero-order valence-electron chi connectivity index (χ0n) is 20.5. The van der Waals surface area contributed by atoms with Crippen LogP contribution in [-0.4, -0.2) is 46.5 Å². The number of pyridine rings is 1. The topological polar surface area (TPSA) is 84.5 Å². The summed E-state index contributed by atoms with van der Waals surface area (Å²) in [5.74, 6) is -1.09. The molecule has 2 aromatic heterocycles. The average Bonchev–Trinajstić information content (AvgIpc) is 3.09. The second-order valence-electron chi connectivity index (χ2n) is 9.53. The van der Waals surface area contributed by atoms with Crippen LogP contribution >= 0.6 is 11.6 Å². The highest BCUT2D eigenvalue weighted by atomic mass is 35.5. The Hall–Kier alpha value is -3.39. The minimum atomic E-state index is -0.652. The lowest BCUT2D eigenvalue weighted by atomic mass is 9.83. The maximum atomic E-state index is 13.8. The Morgan fingerprint density at radius 2 is 1.97 bits per heavy atom. The average molecular weight is 500 g/mol. The molecule has 9 heteroatoms. The lowest BCUT2D eigenvalue weighted by Crippen LogP contribution is -2.37. The van der Waals surface area contributed by atoms with Crippen molar-refractivity contribution in [1.29, 1.82) is 0 Å². The lowest BCUT2D eigenvalue weighted by molar-refractivity contribution is -0.140. The molecule has 1 amide bonds. The van der Waals surface area contributed by atoms with Crippen LogP contribution in [0.15, 0.2) is 30.5 Å². The maximum absolute atomic E-state index is 13.8. The van der Waals surface area contributed by atoms with Crippen LogP contribution in [0.2, 0.25) is 5.02 Å². The Bertz CT molecular complexity index is 1380. The van der Waals surface area contributed by atoms with E-state index in [9.17, 15) is 14.0 Å². The summed E-state index contributed by atoms with van der Waals surface area (Å²) < 4.78 is 24.7. The van der Waals surface area contributed by atoms with E-state index in [0.717, 1.165) is 5.56 Å². The number of nitrogens with zero attached hydrogens (tertiary/aromatic N) is 2. The summed E-state index contributed by atoms with van der Waals surface area (Å²) in [5, 5.41) is 0.327. The van der Waals surface area contributed by atoms with Gasteiger partial charge < -0.3 is 19.4 Å². The Morgan fingerprint density at radius 3 is 2.60 bits per heavy atom. The van der Waals surface area contributed by atoms with E-state index in [2.05, 4.69) is 9.97 Å². The highest BCUT2D eigenvalue weighted by Crippen LogP contribution is 2.41. The molecule has 0 bridgehead atoms. The minimum Gasteiger partial charge on any atom is -0.480 e. The number of aromatic amines is 1. The number of hydrogen-bond acceptors (Lipinski definition) is 5. The zero-order chi connectivity index (χ0) is 25.7. The molecule has 0 saturated carbocycles. The Balaban J connectivity index is 1.93. The molecule has 0 aliphatic carbocycles. The molecule has 0 saturated heterocycles. The quantitative estimate of drug-likeness (QED) is 0.486. The first-order valence-corrected chi connectivity index (χ1v) is 11.6. The van der Waals surface area contributed by atoms with E-state index < -0.39 is 17.2 Å². The van der Waals surface area contributed by atoms with Crippen LogP contribution in [0, 0.1) is 12.7 Å². The standard InChI is InChI=1S/C26H27ClFN3O4/c1-13(2)35-25(33)16-11-31(24(32)15-7-8-18(28)14(3)9-15)12-26(4,5)20-21(16)29-19-10-17(27)23(34-6)30-22(19)20/h7-11,13,29H,12H2,1-6H3. The number of hydrogen-bond donors (Lipinski definition) is 1. The molecule has 1 aromatic carbocycles. The van der Waals surface area contributed by atoms with E-state index in [1.54, 1.807) is 26.8 Å². The molecule has 3 heterocycles. The first-order valence-electron chi connectivity index (χ1n) is 11.2. The molecule has 0 unspecified atom stereocenters. The number of carbonyl (C=O) groups is 2. The summed E-state index contributed by atoms with van der Waals surface area (Å²) in [4.78, 5) is 36.1. The van der Waals surface area contributed by atoms with Crippen LogP contribution in [0.4, 0.5) is 4.39 Å². The normalized spacial score (nSPS) is 15.0.